The zero-order valence-electron chi connectivity index (χ0n) is 19.6. The number of thiol groups is 1. The molecule has 0 radical (unpaired) electrons. The molecule has 8 nitrogen and oxygen atoms in total. The fourth-order valence-electron chi connectivity index (χ4n) is 5.69. The molecule has 1 saturated heterocycles. The van der Waals surface area contributed by atoms with Crippen LogP contribution in [0.4, 0.5) is 10.1 Å². The summed E-state index contributed by atoms with van der Waals surface area (Å²) < 4.78 is 66.5. The van der Waals surface area contributed by atoms with E-state index >= 15 is 0 Å². The van der Waals surface area contributed by atoms with Gasteiger partial charge in [0.15, 0.2) is 0 Å². The molecule has 36 heavy (non-hydrogen) atoms. The van der Waals surface area contributed by atoms with Crippen LogP contribution in [0.2, 0.25) is 0 Å². The van der Waals surface area contributed by atoms with Crippen LogP contribution in [0, 0.1) is 5.82 Å². The average molecular weight is 534 g/mol. The molecule has 1 unspecified atom stereocenters. The Kier molecular flexibility index (Phi) is 6.88. The summed E-state index contributed by atoms with van der Waals surface area (Å²) in [6.45, 7) is 0.133. The van der Waals surface area contributed by atoms with Crippen LogP contribution in [0.3, 0.4) is 0 Å². The Hall–Kier alpha value is -2.76. The second-order valence-corrected chi connectivity index (χ2v) is 12.1. The Bertz CT molecular complexity index is 1400. The molecule has 11 heteroatoms. The van der Waals surface area contributed by atoms with Crippen molar-refractivity contribution in [3.63, 3.8) is 0 Å². The first kappa shape index (κ1) is 24.9. The minimum atomic E-state index is -4.13. The Labute approximate surface area is 211 Å². The highest BCUT2D eigenvalue weighted by Crippen LogP contribution is 2.39. The molecule has 2 aromatic rings. The van der Waals surface area contributed by atoms with E-state index < -0.39 is 38.7 Å². The number of hydrogen-bond donors (Lipinski definition) is 3. The van der Waals surface area contributed by atoms with E-state index in [1.165, 1.54) is 23.3 Å². The smallest absolute Gasteiger partial charge is 0.254 e. The lowest BCUT2D eigenvalue weighted by atomic mass is 9.98. The molecule has 1 atom stereocenters. The van der Waals surface area contributed by atoms with Gasteiger partial charge in [0.05, 0.1) is 16.5 Å². The van der Waals surface area contributed by atoms with Gasteiger partial charge >= 0.3 is 0 Å². The van der Waals surface area contributed by atoms with Crippen molar-refractivity contribution >= 4 is 32.5 Å². The maximum absolute atomic E-state index is 13.8. The maximum atomic E-state index is 13.8. The number of anilines is 1. The van der Waals surface area contributed by atoms with Gasteiger partial charge in [-0.25, -0.2) is 21.2 Å². The number of aryl methyl sites for hydroxylation is 2. The normalized spacial score (nSPS) is 19.9. The fraction of sp³-hybridized carbons (Fsp3) is 0.400. The van der Waals surface area contributed by atoms with Crippen molar-refractivity contribution in [2.45, 2.75) is 62.3 Å². The van der Waals surface area contributed by atoms with Gasteiger partial charge in [0.25, 0.3) is 5.91 Å². The molecule has 1 aliphatic heterocycles. The standard InChI is InChI=1S/C25H28FN3O5S2/c26-18-7-3-8-19(14-18)36(33,34)29-12-4-11-23(29)22(15-27-35(31)32)25(30)28-24-20-9-1-5-16(20)13-17-6-2-10-21(17)24/h3,7-8,13-15,23,35H,1-2,4-6,9-12H2,(H,28,30)(H,27,31,32). The number of hydrogen-bond acceptors (Lipinski definition) is 5. The predicted molar refractivity (Wildman–Crippen MR) is 134 cm³/mol. The molecule has 5 rings (SSSR count). The molecule has 2 aromatic carbocycles. The number of amides is 1. The number of benzene rings is 2. The summed E-state index contributed by atoms with van der Waals surface area (Å²) in [5.41, 5.74) is 5.48. The lowest BCUT2D eigenvalue weighted by Crippen LogP contribution is -2.40. The summed E-state index contributed by atoms with van der Waals surface area (Å²) in [4.78, 5) is 13.5. The van der Waals surface area contributed by atoms with E-state index in [-0.39, 0.29) is 17.0 Å². The molecule has 0 saturated carbocycles. The van der Waals surface area contributed by atoms with E-state index in [9.17, 15) is 26.0 Å². The molecule has 3 aliphatic rings. The van der Waals surface area contributed by atoms with Crippen molar-refractivity contribution in [2.75, 3.05) is 11.9 Å². The van der Waals surface area contributed by atoms with Gasteiger partial charge in [-0.15, -0.1) is 0 Å². The number of fused-ring (bicyclic) bond motifs is 2. The summed E-state index contributed by atoms with van der Waals surface area (Å²) in [5, 5.41) is 3.04. The van der Waals surface area contributed by atoms with Crippen LogP contribution in [0.1, 0.15) is 47.9 Å². The van der Waals surface area contributed by atoms with Gasteiger partial charge in [-0.1, -0.05) is 12.1 Å². The van der Waals surface area contributed by atoms with Crippen molar-refractivity contribution in [2.24, 2.45) is 0 Å². The van der Waals surface area contributed by atoms with E-state index in [1.54, 1.807) is 0 Å². The Balaban J connectivity index is 1.51. The molecular formula is C25H28FN3O5S2. The number of nitrogens with one attached hydrogen (secondary N) is 2. The highest BCUT2D eigenvalue weighted by atomic mass is 32.2. The van der Waals surface area contributed by atoms with Gasteiger partial charge in [0, 0.05) is 18.4 Å². The van der Waals surface area contributed by atoms with Crippen LogP contribution in [0.15, 0.2) is 47.0 Å². The van der Waals surface area contributed by atoms with Gasteiger partial charge in [-0.2, -0.15) is 4.31 Å². The number of carbonyl (C=O) groups excluding carboxylic acids is 1. The van der Waals surface area contributed by atoms with Crippen molar-refractivity contribution < 1.29 is 26.0 Å². The quantitative estimate of drug-likeness (QED) is 0.374. The van der Waals surface area contributed by atoms with Gasteiger partial charge in [0.1, 0.15) is 5.82 Å². The molecule has 1 fully saturated rings. The first-order valence-electron chi connectivity index (χ1n) is 12.1. The van der Waals surface area contributed by atoms with Crippen molar-refractivity contribution in [3.8, 4) is 0 Å². The summed E-state index contributed by atoms with van der Waals surface area (Å²) in [5.74, 6) is -1.22. The lowest BCUT2D eigenvalue weighted by Gasteiger charge is -2.26. The van der Waals surface area contributed by atoms with E-state index in [4.69, 9.17) is 0 Å². The summed E-state index contributed by atoms with van der Waals surface area (Å²) >= 11 is 0. The van der Waals surface area contributed by atoms with Crippen molar-refractivity contribution in [1.29, 1.82) is 0 Å². The molecule has 0 aromatic heterocycles. The number of sulfonamides is 1. The molecule has 2 N–H and O–H groups in total. The zero-order chi connectivity index (χ0) is 25.4. The minimum Gasteiger partial charge on any atom is -0.322 e. The predicted octanol–water partition coefficient (Wildman–Crippen LogP) is 2.59. The maximum Gasteiger partial charge on any atom is 0.254 e. The second-order valence-electron chi connectivity index (χ2n) is 9.41. The van der Waals surface area contributed by atoms with E-state index in [1.807, 2.05) is 0 Å². The number of carbonyl (C=O) groups is 1. The highest BCUT2D eigenvalue weighted by Gasteiger charge is 2.40. The average Bonchev–Trinajstić information content (AvgIpc) is 3.59. The molecular weight excluding hydrogens is 505 g/mol. The van der Waals surface area contributed by atoms with Gasteiger partial charge in [-0.3, -0.25) is 9.52 Å². The third kappa shape index (κ3) is 4.67. The molecule has 2 aliphatic carbocycles. The van der Waals surface area contributed by atoms with Gasteiger partial charge < -0.3 is 5.32 Å². The van der Waals surface area contributed by atoms with Crippen LogP contribution >= 0.6 is 0 Å². The Morgan fingerprint density at radius 2 is 1.72 bits per heavy atom. The summed E-state index contributed by atoms with van der Waals surface area (Å²) in [7, 11) is -7.18. The second kappa shape index (κ2) is 9.95. The van der Waals surface area contributed by atoms with Crippen molar-refractivity contribution in [1.82, 2.24) is 9.03 Å². The topological polar surface area (TPSA) is 113 Å². The monoisotopic (exact) mass is 533 g/mol. The Morgan fingerprint density at radius 1 is 1.03 bits per heavy atom. The van der Waals surface area contributed by atoms with E-state index in [0.717, 1.165) is 78.0 Å². The van der Waals surface area contributed by atoms with Crippen LogP contribution in [0.5, 0.6) is 0 Å². The number of halogens is 1. The van der Waals surface area contributed by atoms with Gasteiger partial charge in [-0.05, 0) is 91.8 Å². The summed E-state index contributed by atoms with van der Waals surface area (Å²) in [6.07, 6.45) is 7.50. The zero-order valence-corrected chi connectivity index (χ0v) is 21.3. The third-order valence-electron chi connectivity index (χ3n) is 7.26. The highest BCUT2D eigenvalue weighted by molar-refractivity contribution is 7.89. The molecule has 1 amide bonds. The SMILES string of the molecule is O=C(Nc1c2c(cc3c1CCC3)CCC2)C(=CN[SH](=O)=O)C1CCCN1S(=O)(=O)c1cccc(F)c1. The van der Waals surface area contributed by atoms with Crippen LogP contribution in [-0.4, -0.2) is 39.6 Å². The first-order chi connectivity index (χ1) is 17.3. The number of rotatable bonds is 7. The van der Waals surface area contributed by atoms with Gasteiger partial charge in [0.2, 0.25) is 20.9 Å². The van der Waals surface area contributed by atoms with Crippen molar-refractivity contribution in [3.05, 3.63) is 70.2 Å². The van der Waals surface area contributed by atoms with Crippen LogP contribution in [-0.2, 0) is 51.4 Å². The lowest BCUT2D eigenvalue weighted by molar-refractivity contribution is -0.113. The Morgan fingerprint density at radius 3 is 2.36 bits per heavy atom. The molecule has 0 spiro atoms. The largest absolute Gasteiger partial charge is 0.322 e. The first-order valence-corrected chi connectivity index (χ1v) is 14.7. The van der Waals surface area contributed by atoms with Crippen LogP contribution < -0.4 is 10.0 Å². The molecule has 1 heterocycles. The minimum absolute atomic E-state index is 0.00836. The molecule has 192 valence electrons. The third-order valence-corrected chi connectivity index (χ3v) is 9.51. The molecule has 0 bridgehead atoms. The number of nitrogens with zero attached hydrogens (tertiary/aromatic N) is 1. The summed E-state index contributed by atoms with van der Waals surface area (Å²) in [6, 6.07) is 6.07. The van der Waals surface area contributed by atoms with E-state index in [2.05, 4.69) is 16.1 Å². The fourth-order valence-corrected chi connectivity index (χ4v) is 7.64. The van der Waals surface area contributed by atoms with E-state index in [0.29, 0.717) is 12.8 Å². The van der Waals surface area contributed by atoms with Crippen LogP contribution in [0.25, 0.3) is 0 Å².